The Kier molecular flexibility index (Phi) is 1.43. The van der Waals surface area contributed by atoms with Gasteiger partial charge in [0.2, 0.25) is 6.29 Å². The molecule has 0 spiro atoms. The Morgan fingerprint density at radius 2 is 2.33 bits per heavy atom. The highest BCUT2D eigenvalue weighted by atomic mass is 16.4. The van der Waals surface area contributed by atoms with E-state index < -0.39 is 0 Å². The minimum atomic E-state index is 0.138. The standard InChI is InChI=1S/C9H7NO2/c1-6-3-2-4-7-9(6)12-8(5-11)10-7/h2-5H,1H3. The van der Waals surface area contributed by atoms with E-state index in [1.54, 1.807) is 0 Å². The van der Waals surface area contributed by atoms with Crippen molar-refractivity contribution >= 4 is 17.4 Å². The molecule has 1 heterocycles. The lowest BCUT2D eigenvalue weighted by Gasteiger charge is -1.89. The smallest absolute Gasteiger partial charge is 0.260 e. The van der Waals surface area contributed by atoms with Crippen LogP contribution in [0.4, 0.5) is 0 Å². The van der Waals surface area contributed by atoms with E-state index in [9.17, 15) is 4.79 Å². The van der Waals surface area contributed by atoms with Gasteiger partial charge in [0.25, 0.3) is 5.89 Å². The van der Waals surface area contributed by atoms with Crippen molar-refractivity contribution in [3.63, 3.8) is 0 Å². The van der Waals surface area contributed by atoms with Gasteiger partial charge < -0.3 is 4.42 Å². The number of aldehydes is 1. The molecule has 0 fully saturated rings. The summed E-state index contributed by atoms with van der Waals surface area (Å²) in [6.45, 7) is 1.92. The number of aromatic nitrogens is 1. The maximum atomic E-state index is 10.3. The number of fused-ring (bicyclic) bond motifs is 1. The number of oxazole rings is 1. The van der Waals surface area contributed by atoms with Crippen LogP contribution in [0.3, 0.4) is 0 Å². The number of carbonyl (C=O) groups excluding carboxylic acids is 1. The van der Waals surface area contributed by atoms with Crippen LogP contribution in [0.1, 0.15) is 16.2 Å². The van der Waals surface area contributed by atoms with Crippen molar-refractivity contribution in [2.24, 2.45) is 0 Å². The molecule has 0 amide bonds. The van der Waals surface area contributed by atoms with Crippen molar-refractivity contribution in [1.29, 1.82) is 0 Å². The largest absolute Gasteiger partial charge is 0.434 e. The highest BCUT2D eigenvalue weighted by molar-refractivity contribution is 5.80. The van der Waals surface area contributed by atoms with E-state index in [1.807, 2.05) is 25.1 Å². The minimum Gasteiger partial charge on any atom is -0.434 e. The van der Waals surface area contributed by atoms with Gasteiger partial charge in [-0.2, -0.15) is 0 Å². The Morgan fingerprint density at radius 1 is 1.50 bits per heavy atom. The minimum absolute atomic E-state index is 0.138. The van der Waals surface area contributed by atoms with Crippen molar-refractivity contribution in [2.45, 2.75) is 6.92 Å². The van der Waals surface area contributed by atoms with Crippen molar-refractivity contribution in [2.75, 3.05) is 0 Å². The molecule has 0 aliphatic rings. The fourth-order valence-corrected chi connectivity index (χ4v) is 1.15. The maximum absolute atomic E-state index is 10.3. The normalized spacial score (nSPS) is 10.4. The lowest BCUT2D eigenvalue weighted by Crippen LogP contribution is -1.74. The molecule has 2 rings (SSSR count). The zero-order valence-corrected chi connectivity index (χ0v) is 6.57. The van der Waals surface area contributed by atoms with Crippen LogP contribution < -0.4 is 0 Å². The Balaban J connectivity index is 2.82. The van der Waals surface area contributed by atoms with E-state index in [1.165, 1.54) is 0 Å². The molecule has 0 atom stereocenters. The summed E-state index contributed by atoms with van der Waals surface area (Å²) in [5, 5.41) is 0. The fourth-order valence-electron chi connectivity index (χ4n) is 1.15. The van der Waals surface area contributed by atoms with Gasteiger partial charge in [-0.1, -0.05) is 12.1 Å². The van der Waals surface area contributed by atoms with Crippen LogP contribution in [0.25, 0.3) is 11.1 Å². The molecule has 12 heavy (non-hydrogen) atoms. The van der Waals surface area contributed by atoms with Gasteiger partial charge in [0.15, 0.2) is 5.58 Å². The van der Waals surface area contributed by atoms with Crippen molar-refractivity contribution in [3.05, 3.63) is 29.7 Å². The molecule has 0 unspecified atom stereocenters. The average molecular weight is 161 g/mol. The van der Waals surface area contributed by atoms with Gasteiger partial charge in [0.1, 0.15) is 5.52 Å². The van der Waals surface area contributed by atoms with Gasteiger partial charge in [-0.25, -0.2) is 4.98 Å². The summed E-state index contributed by atoms with van der Waals surface area (Å²) in [6.07, 6.45) is 0.611. The Labute approximate surface area is 69.0 Å². The van der Waals surface area contributed by atoms with Crippen LogP contribution in [0.15, 0.2) is 22.6 Å². The van der Waals surface area contributed by atoms with Crippen LogP contribution >= 0.6 is 0 Å². The summed E-state index contributed by atoms with van der Waals surface area (Å²) >= 11 is 0. The monoisotopic (exact) mass is 161 g/mol. The summed E-state index contributed by atoms with van der Waals surface area (Å²) in [7, 11) is 0. The lowest BCUT2D eigenvalue weighted by atomic mass is 10.2. The van der Waals surface area contributed by atoms with Crippen molar-refractivity contribution in [3.8, 4) is 0 Å². The molecular formula is C9H7NO2. The van der Waals surface area contributed by atoms with Crippen LogP contribution in [-0.4, -0.2) is 11.3 Å². The molecule has 0 bridgehead atoms. The Hall–Kier alpha value is -1.64. The topological polar surface area (TPSA) is 43.1 Å². The number of nitrogens with zero attached hydrogens (tertiary/aromatic N) is 1. The highest BCUT2D eigenvalue weighted by Gasteiger charge is 2.05. The first-order valence-corrected chi connectivity index (χ1v) is 3.62. The van der Waals surface area contributed by atoms with E-state index in [0.717, 1.165) is 11.1 Å². The molecule has 3 nitrogen and oxygen atoms in total. The van der Waals surface area contributed by atoms with E-state index >= 15 is 0 Å². The third kappa shape index (κ3) is 0.906. The van der Waals surface area contributed by atoms with E-state index in [4.69, 9.17) is 4.42 Å². The van der Waals surface area contributed by atoms with Gasteiger partial charge in [0, 0.05) is 0 Å². The number of para-hydroxylation sites is 1. The number of benzene rings is 1. The molecule has 3 heteroatoms. The van der Waals surface area contributed by atoms with Crippen molar-refractivity contribution in [1.82, 2.24) is 4.98 Å². The fraction of sp³-hybridized carbons (Fsp3) is 0.111. The van der Waals surface area contributed by atoms with E-state index in [2.05, 4.69) is 4.98 Å². The molecule has 0 saturated carbocycles. The molecule has 1 aromatic heterocycles. The van der Waals surface area contributed by atoms with Crippen molar-refractivity contribution < 1.29 is 9.21 Å². The second kappa shape index (κ2) is 2.44. The van der Waals surface area contributed by atoms with Gasteiger partial charge >= 0.3 is 0 Å². The maximum Gasteiger partial charge on any atom is 0.260 e. The first-order chi connectivity index (χ1) is 5.81. The molecule has 0 radical (unpaired) electrons. The first-order valence-electron chi connectivity index (χ1n) is 3.62. The number of carbonyl (C=O) groups is 1. The van der Waals surface area contributed by atoms with E-state index in [-0.39, 0.29) is 5.89 Å². The molecule has 0 aliphatic heterocycles. The summed E-state index contributed by atoms with van der Waals surface area (Å²) in [5.41, 5.74) is 2.42. The second-order valence-corrected chi connectivity index (χ2v) is 2.59. The zero-order chi connectivity index (χ0) is 8.55. The molecular weight excluding hydrogens is 154 g/mol. The van der Waals surface area contributed by atoms with Crippen LogP contribution in [0.5, 0.6) is 0 Å². The Bertz CT molecular complexity index is 431. The third-order valence-electron chi connectivity index (χ3n) is 1.73. The molecule has 0 saturated heterocycles. The third-order valence-corrected chi connectivity index (χ3v) is 1.73. The molecule has 2 aromatic rings. The average Bonchev–Trinajstić information content (AvgIpc) is 2.49. The summed E-state index contributed by atoms with van der Waals surface area (Å²) in [4.78, 5) is 14.3. The SMILES string of the molecule is Cc1cccc2nc(C=O)oc12. The first kappa shape index (κ1) is 7.03. The van der Waals surface area contributed by atoms with Gasteiger partial charge in [0.05, 0.1) is 0 Å². The zero-order valence-electron chi connectivity index (χ0n) is 6.57. The summed E-state index contributed by atoms with van der Waals surface area (Å²) in [6, 6.07) is 5.62. The highest BCUT2D eigenvalue weighted by Crippen LogP contribution is 2.17. The Morgan fingerprint density at radius 3 is 3.00 bits per heavy atom. The predicted molar refractivity (Wildman–Crippen MR) is 44.1 cm³/mol. The molecule has 1 aromatic carbocycles. The van der Waals surface area contributed by atoms with E-state index in [0.29, 0.717) is 11.9 Å². The van der Waals surface area contributed by atoms with Gasteiger partial charge in [-0.05, 0) is 18.6 Å². The van der Waals surface area contributed by atoms with Gasteiger partial charge in [-0.15, -0.1) is 0 Å². The summed E-state index contributed by atoms with van der Waals surface area (Å²) in [5.74, 6) is 0.138. The number of hydrogen-bond donors (Lipinski definition) is 0. The second-order valence-electron chi connectivity index (χ2n) is 2.59. The van der Waals surface area contributed by atoms with Crippen LogP contribution in [-0.2, 0) is 0 Å². The number of rotatable bonds is 1. The predicted octanol–water partition coefficient (Wildman–Crippen LogP) is 1.95. The van der Waals surface area contributed by atoms with Crippen LogP contribution in [0, 0.1) is 6.92 Å². The molecule has 0 aliphatic carbocycles. The van der Waals surface area contributed by atoms with Gasteiger partial charge in [-0.3, -0.25) is 4.79 Å². The summed E-state index contributed by atoms with van der Waals surface area (Å²) < 4.78 is 5.17. The number of hydrogen-bond acceptors (Lipinski definition) is 3. The number of aryl methyl sites for hydroxylation is 1. The quantitative estimate of drug-likeness (QED) is 0.600. The van der Waals surface area contributed by atoms with Crippen LogP contribution in [0.2, 0.25) is 0 Å². The molecule has 0 N–H and O–H groups in total. The molecule has 60 valence electrons. The lowest BCUT2D eigenvalue weighted by molar-refractivity contribution is 0.109.